The fraction of sp³-hybridized carbons (Fsp3) is 0.667. The van der Waals surface area contributed by atoms with Gasteiger partial charge in [0.1, 0.15) is 0 Å². The van der Waals surface area contributed by atoms with Gasteiger partial charge in [0.2, 0.25) is 0 Å². The number of aliphatic imine (C=N–C) groups is 1. The molecule has 2 fully saturated rings. The molecule has 27 heavy (non-hydrogen) atoms. The van der Waals surface area contributed by atoms with E-state index in [0.717, 1.165) is 82.2 Å². The first-order valence-corrected chi connectivity index (χ1v) is 10.7. The number of nitrogens with one attached hydrogen (secondary N) is 1. The summed E-state index contributed by atoms with van der Waals surface area (Å²) in [6.45, 7) is 11.2. The first-order valence-electron chi connectivity index (χ1n) is 10.3. The van der Waals surface area contributed by atoms with Gasteiger partial charge in [0, 0.05) is 50.8 Å². The van der Waals surface area contributed by atoms with Crippen molar-refractivity contribution in [3.63, 3.8) is 0 Å². The lowest BCUT2D eigenvalue weighted by molar-refractivity contribution is 0.0315. The van der Waals surface area contributed by atoms with Gasteiger partial charge in [-0.15, -0.1) is 0 Å². The summed E-state index contributed by atoms with van der Waals surface area (Å²) in [4.78, 5) is 9.86. The molecule has 3 rings (SSSR count). The summed E-state index contributed by atoms with van der Waals surface area (Å²) in [6, 6.07) is 8.10. The first-order chi connectivity index (χ1) is 13.3. The molecule has 0 amide bonds. The van der Waals surface area contributed by atoms with Crippen LogP contribution in [-0.4, -0.2) is 74.8 Å². The molecule has 2 aliphatic heterocycles. The van der Waals surface area contributed by atoms with Crippen LogP contribution in [0.3, 0.4) is 0 Å². The summed E-state index contributed by atoms with van der Waals surface area (Å²) >= 11 is 6.25. The molecule has 1 N–H and O–H groups in total. The molecule has 0 aliphatic carbocycles. The van der Waals surface area contributed by atoms with Crippen LogP contribution in [-0.2, 0) is 11.2 Å². The van der Waals surface area contributed by atoms with E-state index in [-0.39, 0.29) is 0 Å². The minimum Gasteiger partial charge on any atom is -0.379 e. The Labute approximate surface area is 168 Å². The molecule has 1 unspecified atom stereocenters. The quantitative estimate of drug-likeness (QED) is 0.440. The monoisotopic (exact) mass is 392 g/mol. The number of morpholine rings is 1. The van der Waals surface area contributed by atoms with Crippen molar-refractivity contribution >= 4 is 17.6 Å². The topological polar surface area (TPSA) is 40.1 Å². The zero-order chi connectivity index (χ0) is 18.9. The Bertz CT molecular complexity index is 604. The lowest BCUT2D eigenvalue weighted by atomic mass is 10.1. The Morgan fingerprint density at radius 3 is 2.85 bits per heavy atom. The average molecular weight is 393 g/mol. The number of hydrogen-bond donors (Lipinski definition) is 1. The van der Waals surface area contributed by atoms with Crippen molar-refractivity contribution in [2.24, 2.45) is 10.9 Å². The highest BCUT2D eigenvalue weighted by Gasteiger charge is 2.27. The van der Waals surface area contributed by atoms with Gasteiger partial charge in [-0.1, -0.05) is 29.8 Å². The van der Waals surface area contributed by atoms with Gasteiger partial charge < -0.3 is 15.0 Å². The van der Waals surface area contributed by atoms with E-state index in [1.54, 1.807) is 0 Å². The molecule has 0 spiro atoms. The summed E-state index contributed by atoms with van der Waals surface area (Å²) in [5.74, 6) is 1.80. The number of halogens is 1. The smallest absolute Gasteiger partial charge is 0.193 e. The molecule has 2 heterocycles. The highest BCUT2D eigenvalue weighted by molar-refractivity contribution is 6.31. The maximum absolute atomic E-state index is 6.25. The number of ether oxygens (including phenoxy) is 1. The normalized spacial score (nSPS) is 21.6. The second-order valence-corrected chi connectivity index (χ2v) is 7.85. The summed E-state index contributed by atoms with van der Waals surface area (Å²) in [7, 11) is 0. The molecule has 6 heteroatoms. The number of hydrogen-bond acceptors (Lipinski definition) is 3. The van der Waals surface area contributed by atoms with Gasteiger partial charge in [0.15, 0.2) is 5.96 Å². The summed E-state index contributed by atoms with van der Waals surface area (Å²) in [5, 5.41) is 4.34. The number of aryl methyl sites for hydroxylation is 1. The van der Waals surface area contributed by atoms with Gasteiger partial charge in [-0.05, 0) is 43.7 Å². The highest BCUT2D eigenvalue weighted by Crippen LogP contribution is 2.19. The molecule has 2 aliphatic rings. The van der Waals surface area contributed by atoms with E-state index in [1.165, 1.54) is 18.5 Å². The van der Waals surface area contributed by atoms with Crippen LogP contribution < -0.4 is 5.32 Å². The lowest BCUT2D eigenvalue weighted by Gasteiger charge is -2.29. The standard InChI is InChI=1S/C21H33ClN4O/c1-2-23-21(24-10-5-7-19-6-3-4-8-20(19)22)26-11-9-18(17-26)16-25-12-14-27-15-13-25/h3-4,6,8,18H,2,5,7,9-17H2,1H3,(H,23,24). The Hall–Kier alpha value is -1.30. The number of benzene rings is 1. The second kappa shape index (κ2) is 10.9. The predicted molar refractivity (Wildman–Crippen MR) is 113 cm³/mol. The zero-order valence-corrected chi connectivity index (χ0v) is 17.3. The van der Waals surface area contributed by atoms with Crippen LogP contribution in [0.25, 0.3) is 0 Å². The van der Waals surface area contributed by atoms with Crippen LogP contribution in [0.1, 0.15) is 25.3 Å². The molecule has 2 saturated heterocycles. The van der Waals surface area contributed by atoms with Gasteiger partial charge in [0.25, 0.3) is 0 Å². The Balaban J connectivity index is 1.46. The fourth-order valence-electron chi connectivity index (χ4n) is 3.90. The van der Waals surface area contributed by atoms with E-state index in [1.807, 2.05) is 18.2 Å². The molecule has 0 bridgehead atoms. The van der Waals surface area contributed by atoms with Crippen molar-refractivity contribution in [2.75, 3.05) is 59.0 Å². The zero-order valence-electron chi connectivity index (χ0n) is 16.5. The van der Waals surface area contributed by atoms with Gasteiger partial charge in [0.05, 0.1) is 13.2 Å². The van der Waals surface area contributed by atoms with Crippen molar-refractivity contribution in [2.45, 2.75) is 26.2 Å². The molecule has 0 saturated carbocycles. The maximum Gasteiger partial charge on any atom is 0.193 e. The van der Waals surface area contributed by atoms with E-state index in [0.29, 0.717) is 0 Å². The maximum atomic E-state index is 6.25. The van der Waals surface area contributed by atoms with E-state index in [2.05, 4.69) is 28.1 Å². The van der Waals surface area contributed by atoms with Gasteiger partial charge >= 0.3 is 0 Å². The molecule has 1 aromatic carbocycles. The van der Waals surface area contributed by atoms with Crippen LogP contribution in [0.15, 0.2) is 29.3 Å². The minimum atomic E-state index is 0.732. The third-order valence-electron chi connectivity index (χ3n) is 5.36. The predicted octanol–water partition coefficient (Wildman–Crippen LogP) is 2.89. The van der Waals surface area contributed by atoms with Crippen molar-refractivity contribution in [3.05, 3.63) is 34.9 Å². The highest BCUT2D eigenvalue weighted by atomic mass is 35.5. The van der Waals surface area contributed by atoms with Crippen LogP contribution in [0, 0.1) is 5.92 Å². The molecule has 1 atom stereocenters. The van der Waals surface area contributed by atoms with E-state index in [4.69, 9.17) is 21.3 Å². The molecule has 150 valence electrons. The van der Waals surface area contributed by atoms with Crippen LogP contribution in [0.4, 0.5) is 0 Å². The van der Waals surface area contributed by atoms with E-state index < -0.39 is 0 Å². The van der Waals surface area contributed by atoms with Crippen molar-refractivity contribution in [1.82, 2.24) is 15.1 Å². The van der Waals surface area contributed by atoms with Crippen molar-refractivity contribution in [3.8, 4) is 0 Å². The van der Waals surface area contributed by atoms with Gasteiger partial charge in [-0.2, -0.15) is 0 Å². The largest absolute Gasteiger partial charge is 0.379 e. The summed E-state index contributed by atoms with van der Waals surface area (Å²) in [6.07, 6.45) is 3.24. The number of likely N-dealkylation sites (tertiary alicyclic amines) is 1. The average Bonchev–Trinajstić information content (AvgIpc) is 3.15. The molecule has 0 radical (unpaired) electrons. The Kier molecular flexibility index (Phi) is 8.24. The van der Waals surface area contributed by atoms with E-state index in [9.17, 15) is 0 Å². The lowest BCUT2D eigenvalue weighted by Crippen LogP contribution is -2.42. The first kappa shape index (κ1) is 20.4. The third-order valence-corrected chi connectivity index (χ3v) is 5.73. The minimum absolute atomic E-state index is 0.732. The molecule has 0 aromatic heterocycles. The van der Waals surface area contributed by atoms with Crippen molar-refractivity contribution in [1.29, 1.82) is 0 Å². The second-order valence-electron chi connectivity index (χ2n) is 7.44. The Morgan fingerprint density at radius 1 is 1.26 bits per heavy atom. The summed E-state index contributed by atoms with van der Waals surface area (Å²) < 4.78 is 5.46. The van der Waals surface area contributed by atoms with Crippen LogP contribution in [0.2, 0.25) is 5.02 Å². The van der Waals surface area contributed by atoms with Gasteiger partial charge in [-0.25, -0.2) is 0 Å². The molecular weight excluding hydrogens is 360 g/mol. The SMILES string of the molecule is CCNC(=NCCCc1ccccc1Cl)N1CCC(CN2CCOCC2)C1. The van der Waals surface area contributed by atoms with E-state index >= 15 is 0 Å². The fourth-order valence-corrected chi connectivity index (χ4v) is 4.13. The van der Waals surface area contributed by atoms with Crippen LogP contribution in [0.5, 0.6) is 0 Å². The van der Waals surface area contributed by atoms with Crippen LogP contribution >= 0.6 is 11.6 Å². The number of nitrogens with zero attached hydrogens (tertiary/aromatic N) is 3. The molecule has 1 aromatic rings. The third kappa shape index (κ3) is 6.37. The van der Waals surface area contributed by atoms with Crippen molar-refractivity contribution < 1.29 is 4.74 Å². The number of rotatable bonds is 7. The molecule has 5 nitrogen and oxygen atoms in total. The van der Waals surface area contributed by atoms with Gasteiger partial charge in [-0.3, -0.25) is 9.89 Å². The molecular formula is C21H33ClN4O. The number of guanidine groups is 1. The summed E-state index contributed by atoms with van der Waals surface area (Å²) in [5.41, 5.74) is 1.21. The Morgan fingerprint density at radius 2 is 2.07 bits per heavy atom.